The van der Waals surface area contributed by atoms with Crippen molar-refractivity contribution < 1.29 is 14.6 Å². The molecule has 0 spiro atoms. The van der Waals surface area contributed by atoms with Crippen molar-refractivity contribution in [3.05, 3.63) is 12.2 Å². The molecule has 0 aromatic heterocycles. The third-order valence-corrected chi connectivity index (χ3v) is 4.07. The summed E-state index contributed by atoms with van der Waals surface area (Å²) in [7, 11) is 0. The van der Waals surface area contributed by atoms with Crippen LogP contribution in [0.25, 0.3) is 0 Å². The second-order valence-electron chi connectivity index (χ2n) is 6.24. The summed E-state index contributed by atoms with van der Waals surface area (Å²) in [6, 6.07) is 0. The fourth-order valence-electron chi connectivity index (χ4n) is 2.74. The topological polar surface area (TPSA) is 46.5 Å². The van der Waals surface area contributed by atoms with E-state index in [0.717, 1.165) is 25.7 Å². The number of hydrogen-bond donors (Lipinski definition) is 1. The summed E-state index contributed by atoms with van der Waals surface area (Å²) in [4.78, 5) is 11.6. The molecule has 1 heterocycles. The Kier molecular flexibility index (Phi) is 10.2. The maximum Gasteiger partial charge on any atom is 0.306 e. The van der Waals surface area contributed by atoms with Crippen LogP contribution in [0.15, 0.2) is 12.2 Å². The lowest BCUT2D eigenvalue weighted by molar-refractivity contribution is -0.148. The Balaban J connectivity index is 2.34. The molecule has 3 heteroatoms. The summed E-state index contributed by atoms with van der Waals surface area (Å²) in [5.41, 5.74) is 0. The minimum Gasteiger partial charge on any atom is -0.463 e. The number of ether oxygens (including phenoxy) is 1. The van der Waals surface area contributed by atoms with Crippen molar-refractivity contribution in [3.63, 3.8) is 0 Å². The molecule has 3 nitrogen and oxygen atoms in total. The van der Waals surface area contributed by atoms with Crippen molar-refractivity contribution in [2.45, 2.75) is 96.2 Å². The van der Waals surface area contributed by atoms with Gasteiger partial charge < -0.3 is 9.84 Å². The quantitative estimate of drug-likeness (QED) is 0.527. The van der Waals surface area contributed by atoms with Crippen LogP contribution in [0.5, 0.6) is 0 Å². The van der Waals surface area contributed by atoms with Crippen LogP contribution in [0, 0.1) is 0 Å². The van der Waals surface area contributed by atoms with Crippen LogP contribution in [0.3, 0.4) is 0 Å². The molecular formula is C18H32O3. The van der Waals surface area contributed by atoms with E-state index in [4.69, 9.17) is 4.74 Å². The van der Waals surface area contributed by atoms with Gasteiger partial charge in [-0.25, -0.2) is 0 Å². The molecule has 0 aliphatic carbocycles. The van der Waals surface area contributed by atoms with Crippen LogP contribution < -0.4 is 0 Å². The van der Waals surface area contributed by atoms with Crippen molar-refractivity contribution in [2.24, 2.45) is 0 Å². The van der Waals surface area contributed by atoms with Crippen molar-refractivity contribution >= 4 is 5.97 Å². The lowest BCUT2D eigenvalue weighted by Crippen LogP contribution is -2.14. The first kappa shape index (κ1) is 18.2. The summed E-state index contributed by atoms with van der Waals surface area (Å²) >= 11 is 0. The maximum absolute atomic E-state index is 11.6. The van der Waals surface area contributed by atoms with Gasteiger partial charge in [-0.2, -0.15) is 0 Å². The third kappa shape index (κ3) is 10.5. The number of esters is 1. The van der Waals surface area contributed by atoms with E-state index in [2.05, 4.69) is 0 Å². The van der Waals surface area contributed by atoms with E-state index in [0.29, 0.717) is 12.8 Å². The number of aliphatic hydroxyl groups is 1. The van der Waals surface area contributed by atoms with E-state index >= 15 is 0 Å². The fraction of sp³-hybridized carbons (Fsp3) is 0.833. The molecule has 1 rings (SSSR count). The van der Waals surface area contributed by atoms with Gasteiger partial charge in [0.15, 0.2) is 0 Å². The first-order valence-corrected chi connectivity index (χ1v) is 8.72. The van der Waals surface area contributed by atoms with E-state index in [9.17, 15) is 9.90 Å². The zero-order chi connectivity index (χ0) is 15.3. The molecule has 1 aliphatic heterocycles. The van der Waals surface area contributed by atoms with E-state index in [1.165, 1.54) is 38.5 Å². The first-order chi connectivity index (χ1) is 10.2. The molecule has 122 valence electrons. The second-order valence-corrected chi connectivity index (χ2v) is 6.24. The van der Waals surface area contributed by atoms with Gasteiger partial charge in [0.2, 0.25) is 0 Å². The number of carbonyl (C=O) groups excluding carboxylic acids is 1. The molecule has 0 radical (unpaired) electrons. The zero-order valence-corrected chi connectivity index (χ0v) is 13.6. The highest BCUT2D eigenvalue weighted by molar-refractivity contribution is 5.69. The molecule has 0 saturated heterocycles. The van der Waals surface area contributed by atoms with Crippen LogP contribution in [0.1, 0.15) is 84.0 Å². The summed E-state index contributed by atoms with van der Waals surface area (Å²) in [5, 5.41) is 9.81. The Morgan fingerprint density at radius 2 is 1.57 bits per heavy atom. The number of carbonyl (C=O) groups is 1. The molecule has 0 amide bonds. The highest BCUT2D eigenvalue weighted by Crippen LogP contribution is 2.14. The van der Waals surface area contributed by atoms with Gasteiger partial charge in [0.05, 0.1) is 12.2 Å². The number of cyclic esters (lactones) is 1. The van der Waals surface area contributed by atoms with Crippen molar-refractivity contribution in [2.75, 3.05) is 0 Å². The van der Waals surface area contributed by atoms with Gasteiger partial charge in [0.25, 0.3) is 0 Å². The Morgan fingerprint density at radius 1 is 1.00 bits per heavy atom. The average molecular weight is 296 g/mol. The molecule has 0 unspecified atom stereocenters. The highest BCUT2D eigenvalue weighted by Gasteiger charge is 2.08. The predicted molar refractivity (Wildman–Crippen MR) is 86.1 cm³/mol. The van der Waals surface area contributed by atoms with Crippen molar-refractivity contribution in [1.82, 2.24) is 0 Å². The van der Waals surface area contributed by atoms with Crippen LogP contribution in [0.2, 0.25) is 0 Å². The Bertz CT molecular complexity index is 299. The van der Waals surface area contributed by atoms with Gasteiger partial charge >= 0.3 is 5.97 Å². The van der Waals surface area contributed by atoms with E-state index in [1.807, 2.05) is 19.1 Å². The van der Waals surface area contributed by atoms with Gasteiger partial charge in [-0.15, -0.1) is 0 Å². The molecular weight excluding hydrogens is 264 g/mol. The van der Waals surface area contributed by atoms with Gasteiger partial charge in [-0.05, 0) is 32.6 Å². The summed E-state index contributed by atoms with van der Waals surface area (Å²) in [6.45, 7) is 1.98. The van der Waals surface area contributed by atoms with Gasteiger partial charge in [-0.1, -0.05) is 57.1 Å². The van der Waals surface area contributed by atoms with Crippen LogP contribution in [0.4, 0.5) is 0 Å². The van der Waals surface area contributed by atoms with Crippen molar-refractivity contribution in [3.8, 4) is 0 Å². The predicted octanol–water partition coefficient (Wildman–Crippen LogP) is 4.53. The van der Waals surface area contributed by atoms with Crippen LogP contribution >= 0.6 is 0 Å². The minimum absolute atomic E-state index is 0.0333. The normalized spacial score (nSPS) is 29.9. The maximum atomic E-state index is 11.6. The Morgan fingerprint density at radius 3 is 2.24 bits per heavy atom. The summed E-state index contributed by atoms with van der Waals surface area (Å²) in [5.74, 6) is -0.122. The lowest BCUT2D eigenvalue weighted by Gasteiger charge is -2.13. The molecule has 0 aromatic carbocycles. The largest absolute Gasteiger partial charge is 0.463 e. The molecule has 2 atom stereocenters. The number of allylic oxidation sites excluding steroid dienone is 1. The molecule has 0 bridgehead atoms. The molecule has 21 heavy (non-hydrogen) atoms. The van der Waals surface area contributed by atoms with Crippen LogP contribution in [-0.4, -0.2) is 23.3 Å². The number of rotatable bonds is 0. The number of aliphatic hydroxyl groups excluding tert-OH is 1. The van der Waals surface area contributed by atoms with E-state index in [-0.39, 0.29) is 18.2 Å². The molecule has 1 aliphatic rings. The molecule has 0 aromatic rings. The van der Waals surface area contributed by atoms with E-state index < -0.39 is 0 Å². The average Bonchev–Trinajstić information content (AvgIpc) is 2.44. The monoisotopic (exact) mass is 296 g/mol. The smallest absolute Gasteiger partial charge is 0.306 e. The fourth-order valence-corrected chi connectivity index (χ4v) is 2.74. The SMILES string of the molecule is C[C@H]1CCCCCCCCCC[C@@H](O)/C=C/CCC(=O)O1. The standard InChI is InChI=1S/C18H32O3/c1-16-12-8-6-4-2-3-5-7-9-13-17(19)14-10-11-15-18(20)21-16/h10,14,16-17,19H,2-9,11-13,15H2,1H3/b14-10+/t16-,17+/m0/s1. The Labute approximate surface area is 129 Å². The molecule has 1 N–H and O–H groups in total. The third-order valence-electron chi connectivity index (χ3n) is 4.07. The van der Waals surface area contributed by atoms with Crippen molar-refractivity contribution in [1.29, 1.82) is 0 Å². The molecule has 0 saturated carbocycles. The molecule has 0 fully saturated rings. The zero-order valence-electron chi connectivity index (χ0n) is 13.6. The highest BCUT2D eigenvalue weighted by atomic mass is 16.5. The van der Waals surface area contributed by atoms with E-state index in [1.54, 1.807) is 0 Å². The minimum atomic E-state index is -0.362. The number of hydrogen-bond acceptors (Lipinski definition) is 3. The lowest BCUT2D eigenvalue weighted by atomic mass is 10.0. The van der Waals surface area contributed by atoms with Crippen LogP contribution in [-0.2, 0) is 9.53 Å². The first-order valence-electron chi connectivity index (χ1n) is 8.72. The second kappa shape index (κ2) is 11.8. The summed E-state index contributed by atoms with van der Waals surface area (Å²) < 4.78 is 5.39. The van der Waals surface area contributed by atoms with Gasteiger partial charge in [0.1, 0.15) is 0 Å². The van der Waals surface area contributed by atoms with Gasteiger partial charge in [-0.3, -0.25) is 4.79 Å². The van der Waals surface area contributed by atoms with Gasteiger partial charge in [0, 0.05) is 6.42 Å². The Hall–Kier alpha value is -0.830. The summed E-state index contributed by atoms with van der Waals surface area (Å²) in [6.07, 6.45) is 16.1.